The van der Waals surface area contributed by atoms with Gasteiger partial charge in [-0.2, -0.15) is 4.31 Å². The molecule has 1 aliphatic heterocycles. The van der Waals surface area contributed by atoms with E-state index in [9.17, 15) is 22.7 Å². The van der Waals surface area contributed by atoms with Crippen LogP contribution in [0.2, 0.25) is 0 Å². The molecule has 1 atom stereocenters. The second kappa shape index (κ2) is 7.76. The van der Waals surface area contributed by atoms with Crippen molar-refractivity contribution >= 4 is 16.0 Å². The second-order valence-electron chi connectivity index (χ2n) is 6.34. The number of ether oxygens (including phenoxy) is 2. The third kappa shape index (κ3) is 3.67. The summed E-state index contributed by atoms with van der Waals surface area (Å²) in [5.41, 5.74) is 1.35. The Bertz CT molecular complexity index is 990. The Kier molecular flexibility index (Phi) is 5.57. The van der Waals surface area contributed by atoms with E-state index in [1.807, 2.05) is 0 Å². The van der Waals surface area contributed by atoms with Gasteiger partial charge in [0, 0.05) is 6.54 Å². The SMILES string of the molecule is COc1cc2c(cc1OC)C(CC(=O)O)N(S(=O)(=O)c1ccc(F)cc1)CC2. The highest BCUT2D eigenvalue weighted by Crippen LogP contribution is 2.41. The number of hydrogen-bond acceptors (Lipinski definition) is 5. The Hall–Kier alpha value is -2.65. The van der Waals surface area contributed by atoms with Gasteiger partial charge in [-0.3, -0.25) is 4.79 Å². The van der Waals surface area contributed by atoms with E-state index in [2.05, 4.69) is 0 Å². The van der Waals surface area contributed by atoms with Crippen molar-refractivity contribution < 1.29 is 32.2 Å². The van der Waals surface area contributed by atoms with Gasteiger partial charge in [-0.15, -0.1) is 0 Å². The van der Waals surface area contributed by atoms with Gasteiger partial charge < -0.3 is 14.6 Å². The van der Waals surface area contributed by atoms with Crippen molar-refractivity contribution in [3.8, 4) is 11.5 Å². The van der Waals surface area contributed by atoms with Gasteiger partial charge in [0.1, 0.15) is 5.82 Å². The summed E-state index contributed by atoms with van der Waals surface area (Å²) < 4.78 is 51.2. The molecule has 7 nitrogen and oxygen atoms in total. The summed E-state index contributed by atoms with van der Waals surface area (Å²) >= 11 is 0. The zero-order chi connectivity index (χ0) is 20.5. The van der Waals surface area contributed by atoms with Crippen LogP contribution in [0, 0.1) is 5.82 Å². The number of carboxylic acids is 1. The van der Waals surface area contributed by atoms with Gasteiger partial charge in [-0.1, -0.05) is 0 Å². The molecule has 28 heavy (non-hydrogen) atoms. The van der Waals surface area contributed by atoms with Crippen molar-refractivity contribution in [2.24, 2.45) is 0 Å². The largest absolute Gasteiger partial charge is 0.493 e. The van der Waals surface area contributed by atoms with Crippen LogP contribution in [-0.2, 0) is 21.2 Å². The van der Waals surface area contributed by atoms with Crippen LogP contribution in [0.25, 0.3) is 0 Å². The fourth-order valence-corrected chi connectivity index (χ4v) is 5.02. The summed E-state index contributed by atoms with van der Waals surface area (Å²) in [5, 5.41) is 9.38. The standard InChI is InChI=1S/C19H20FNO6S/c1-26-17-9-12-7-8-21(28(24,25)14-5-3-13(20)4-6-14)16(11-19(22)23)15(12)10-18(17)27-2/h3-6,9-10,16H,7-8,11H2,1-2H3,(H,22,23). The number of carbonyl (C=O) groups is 1. The summed E-state index contributed by atoms with van der Waals surface area (Å²) in [6.07, 6.45) is -0.0326. The topological polar surface area (TPSA) is 93.1 Å². The van der Waals surface area contributed by atoms with Gasteiger partial charge in [-0.25, -0.2) is 12.8 Å². The molecule has 0 saturated carbocycles. The molecule has 1 heterocycles. The van der Waals surface area contributed by atoms with E-state index >= 15 is 0 Å². The molecule has 2 aromatic rings. The Morgan fingerprint density at radius 2 is 1.79 bits per heavy atom. The number of sulfonamides is 1. The van der Waals surface area contributed by atoms with Crippen LogP contribution in [-0.4, -0.2) is 44.6 Å². The molecule has 1 unspecified atom stereocenters. The molecule has 3 rings (SSSR count). The van der Waals surface area contributed by atoms with E-state index in [0.29, 0.717) is 23.5 Å². The fraction of sp³-hybridized carbons (Fsp3) is 0.316. The van der Waals surface area contributed by atoms with E-state index < -0.39 is 34.3 Å². The molecule has 0 spiro atoms. The minimum Gasteiger partial charge on any atom is -0.493 e. The van der Waals surface area contributed by atoms with Crippen molar-refractivity contribution in [3.05, 3.63) is 53.3 Å². The average molecular weight is 409 g/mol. The molecular weight excluding hydrogens is 389 g/mol. The minimum absolute atomic E-state index is 0.0896. The number of nitrogens with zero attached hydrogens (tertiary/aromatic N) is 1. The summed E-state index contributed by atoms with van der Waals surface area (Å²) in [6, 6.07) is 6.91. The maximum Gasteiger partial charge on any atom is 0.305 e. The van der Waals surface area contributed by atoms with Gasteiger partial charge in [0.25, 0.3) is 0 Å². The van der Waals surface area contributed by atoms with Gasteiger partial charge in [-0.05, 0) is 53.9 Å². The Morgan fingerprint density at radius 3 is 2.36 bits per heavy atom. The van der Waals surface area contributed by atoms with Crippen molar-refractivity contribution in [2.45, 2.75) is 23.8 Å². The summed E-state index contributed by atoms with van der Waals surface area (Å²) in [5.74, 6) is -0.809. The second-order valence-corrected chi connectivity index (χ2v) is 8.23. The van der Waals surface area contributed by atoms with Crippen LogP contribution in [0.3, 0.4) is 0 Å². The molecule has 9 heteroatoms. The van der Waals surface area contributed by atoms with Crippen LogP contribution >= 0.6 is 0 Å². The van der Waals surface area contributed by atoms with E-state index in [4.69, 9.17) is 9.47 Å². The number of carboxylic acid groups (broad SMARTS) is 1. The van der Waals surface area contributed by atoms with Crippen molar-refractivity contribution in [1.29, 1.82) is 0 Å². The molecule has 0 amide bonds. The molecule has 0 aromatic heterocycles. The number of methoxy groups -OCH3 is 2. The molecule has 0 fully saturated rings. The van der Waals surface area contributed by atoms with Crippen LogP contribution in [0.15, 0.2) is 41.3 Å². The molecule has 1 N–H and O–H groups in total. The quantitative estimate of drug-likeness (QED) is 0.788. The fourth-order valence-electron chi connectivity index (χ4n) is 3.41. The molecule has 0 aliphatic carbocycles. The first-order chi connectivity index (χ1) is 13.3. The summed E-state index contributed by atoms with van der Waals surface area (Å²) in [6.45, 7) is 0.0974. The third-order valence-electron chi connectivity index (χ3n) is 4.74. The lowest BCUT2D eigenvalue weighted by molar-refractivity contribution is -0.138. The number of hydrogen-bond donors (Lipinski definition) is 1. The molecular formula is C19H20FNO6S. The smallest absolute Gasteiger partial charge is 0.305 e. The lowest BCUT2D eigenvalue weighted by atomic mass is 9.92. The van der Waals surface area contributed by atoms with Crippen LogP contribution < -0.4 is 9.47 Å². The number of rotatable bonds is 6. The van der Waals surface area contributed by atoms with Crippen molar-refractivity contribution in [3.63, 3.8) is 0 Å². The zero-order valence-electron chi connectivity index (χ0n) is 15.4. The Morgan fingerprint density at radius 1 is 1.18 bits per heavy atom. The highest BCUT2D eigenvalue weighted by atomic mass is 32.2. The first-order valence-electron chi connectivity index (χ1n) is 8.52. The molecule has 0 saturated heterocycles. The lowest BCUT2D eigenvalue weighted by Gasteiger charge is -2.36. The predicted molar refractivity (Wildman–Crippen MR) is 98.5 cm³/mol. The number of benzene rings is 2. The van der Waals surface area contributed by atoms with E-state index in [-0.39, 0.29) is 11.4 Å². The Balaban J connectivity index is 2.10. The molecule has 2 aromatic carbocycles. The molecule has 150 valence electrons. The molecule has 1 aliphatic rings. The summed E-state index contributed by atoms with van der Waals surface area (Å²) in [7, 11) is -1.08. The van der Waals surface area contributed by atoms with Gasteiger partial charge in [0.15, 0.2) is 11.5 Å². The van der Waals surface area contributed by atoms with E-state index in [1.54, 1.807) is 12.1 Å². The zero-order valence-corrected chi connectivity index (χ0v) is 16.2. The number of aliphatic carboxylic acids is 1. The third-order valence-corrected chi connectivity index (χ3v) is 6.66. The monoisotopic (exact) mass is 409 g/mol. The minimum atomic E-state index is -4.02. The number of halogens is 1. The Labute approximate surface area is 162 Å². The van der Waals surface area contributed by atoms with Crippen LogP contribution in [0.4, 0.5) is 4.39 Å². The van der Waals surface area contributed by atoms with Crippen LogP contribution in [0.5, 0.6) is 11.5 Å². The van der Waals surface area contributed by atoms with Gasteiger partial charge >= 0.3 is 5.97 Å². The van der Waals surface area contributed by atoms with Crippen molar-refractivity contribution in [2.75, 3.05) is 20.8 Å². The normalized spacial score (nSPS) is 17.0. The summed E-state index contributed by atoms with van der Waals surface area (Å²) in [4.78, 5) is 11.4. The van der Waals surface area contributed by atoms with E-state index in [0.717, 1.165) is 22.0 Å². The van der Waals surface area contributed by atoms with Gasteiger partial charge in [0.2, 0.25) is 10.0 Å². The number of fused-ring (bicyclic) bond motifs is 1. The highest BCUT2D eigenvalue weighted by Gasteiger charge is 2.38. The molecule has 0 bridgehead atoms. The average Bonchev–Trinajstić information content (AvgIpc) is 2.66. The first kappa shape index (κ1) is 20.1. The maximum absolute atomic E-state index is 13.2. The van der Waals surface area contributed by atoms with Gasteiger partial charge in [0.05, 0.1) is 31.6 Å². The lowest BCUT2D eigenvalue weighted by Crippen LogP contribution is -2.41. The highest BCUT2D eigenvalue weighted by molar-refractivity contribution is 7.89. The molecule has 0 radical (unpaired) electrons. The maximum atomic E-state index is 13.2. The van der Waals surface area contributed by atoms with Crippen molar-refractivity contribution in [1.82, 2.24) is 4.31 Å². The first-order valence-corrected chi connectivity index (χ1v) is 9.96. The van der Waals surface area contributed by atoms with Crippen LogP contribution in [0.1, 0.15) is 23.6 Å². The van der Waals surface area contributed by atoms with E-state index in [1.165, 1.54) is 26.4 Å². The predicted octanol–water partition coefficient (Wildman–Crippen LogP) is 2.61.